The molecule has 0 heterocycles. The highest BCUT2D eigenvalue weighted by Gasteiger charge is 2.35. The van der Waals surface area contributed by atoms with E-state index in [1.54, 1.807) is 0 Å². The van der Waals surface area contributed by atoms with Crippen molar-refractivity contribution >= 4 is 5.97 Å². The summed E-state index contributed by atoms with van der Waals surface area (Å²) >= 11 is 0. The van der Waals surface area contributed by atoms with Gasteiger partial charge in [-0.15, -0.1) is 13.2 Å². The standard InChI is InChI=1S/C10H6F3NO4/c1-17-9(16)7-3-6(15)2-5(4-14)8(7)18-10(11,12)13/h2-3,15H,1H3. The summed E-state index contributed by atoms with van der Waals surface area (Å²) in [6.45, 7) is 0. The maximum atomic E-state index is 12.2. The van der Waals surface area contributed by atoms with Crippen molar-refractivity contribution in [1.82, 2.24) is 0 Å². The van der Waals surface area contributed by atoms with Crippen LogP contribution in [0, 0.1) is 11.3 Å². The van der Waals surface area contributed by atoms with Crippen LogP contribution in [0.2, 0.25) is 0 Å². The van der Waals surface area contributed by atoms with Gasteiger partial charge in [0.2, 0.25) is 0 Å². The molecule has 0 saturated heterocycles. The number of nitrogens with zero attached hydrogens (tertiary/aromatic N) is 1. The van der Waals surface area contributed by atoms with Crippen molar-refractivity contribution in [1.29, 1.82) is 5.26 Å². The zero-order valence-electron chi connectivity index (χ0n) is 8.91. The molecular formula is C10H6F3NO4. The Labute approximate surface area is 99.0 Å². The van der Waals surface area contributed by atoms with E-state index in [1.807, 2.05) is 0 Å². The lowest BCUT2D eigenvalue weighted by Gasteiger charge is -2.13. The Hall–Kier alpha value is -2.43. The third-order valence-corrected chi connectivity index (χ3v) is 1.82. The fourth-order valence-corrected chi connectivity index (χ4v) is 1.18. The fraction of sp³-hybridized carbons (Fsp3) is 0.200. The molecule has 0 atom stereocenters. The second-order valence-corrected chi connectivity index (χ2v) is 3.02. The molecule has 0 unspecified atom stereocenters. The van der Waals surface area contributed by atoms with E-state index in [1.165, 1.54) is 6.07 Å². The number of ether oxygens (including phenoxy) is 2. The van der Waals surface area contributed by atoms with E-state index >= 15 is 0 Å². The maximum Gasteiger partial charge on any atom is 0.573 e. The van der Waals surface area contributed by atoms with Crippen molar-refractivity contribution in [2.75, 3.05) is 7.11 Å². The van der Waals surface area contributed by atoms with E-state index < -0.39 is 35.0 Å². The van der Waals surface area contributed by atoms with Crippen LogP contribution in [0.5, 0.6) is 11.5 Å². The second-order valence-electron chi connectivity index (χ2n) is 3.02. The third-order valence-electron chi connectivity index (χ3n) is 1.82. The number of esters is 1. The lowest BCUT2D eigenvalue weighted by Crippen LogP contribution is -2.20. The highest BCUT2D eigenvalue weighted by Crippen LogP contribution is 2.33. The molecule has 0 spiro atoms. The minimum atomic E-state index is -5.08. The number of benzene rings is 1. The van der Waals surface area contributed by atoms with Crippen molar-refractivity contribution < 1.29 is 32.5 Å². The van der Waals surface area contributed by atoms with E-state index in [-0.39, 0.29) is 0 Å². The molecule has 1 N–H and O–H groups in total. The van der Waals surface area contributed by atoms with Gasteiger partial charge in [0.1, 0.15) is 17.4 Å². The van der Waals surface area contributed by atoms with Crippen molar-refractivity contribution in [2.24, 2.45) is 0 Å². The van der Waals surface area contributed by atoms with E-state index in [0.29, 0.717) is 6.07 Å². The number of alkyl halides is 3. The minimum absolute atomic E-state index is 0.554. The highest BCUT2D eigenvalue weighted by molar-refractivity contribution is 5.94. The molecule has 0 aliphatic rings. The predicted molar refractivity (Wildman–Crippen MR) is 50.8 cm³/mol. The predicted octanol–water partition coefficient (Wildman–Crippen LogP) is 1.95. The van der Waals surface area contributed by atoms with Crippen LogP contribution in [0.1, 0.15) is 15.9 Å². The molecule has 0 saturated carbocycles. The summed E-state index contributed by atoms with van der Waals surface area (Å²) in [7, 11) is 0.940. The number of rotatable bonds is 2. The Morgan fingerprint density at radius 1 is 1.44 bits per heavy atom. The number of carbonyl (C=O) groups is 1. The van der Waals surface area contributed by atoms with Crippen LogP contribution in [0.3, 0.4) is 0 Å². The van der Waals surface area contributed by atoms with Crippen molar-refractivity contribution in [3.8, 4) is 17.6 Å². The Morgan fingerprint density at radius 3 is 2.50 bits per heavy atom. The number of nitriles is 1. The lowest BCUT2D eigenvalue weighted by molar-refractivity contribution is -0.274. The third kappa shape index (κ3) is 3.04. The Balaban J connectivity index is 3.44. The molecule has 0 aliphatic heterocycles. The van der Waals surface area contributed by atoms with Gasteiger partial charge in [-0.1, -0.05) is 0 Å². The van der Waals surface area contributed by atoms with Gasteiger partial charge in [-0.3, -0.25) is 0 Å². The van der Waals surface area contributed by atoms with Gasteiger partial charge >= 0.3 is 12.3 Å². The first-order valence-electron chi connectivity index (χ1n) is 4.39. The molecular weight excluding hydrogens is 255 g/mol. The van der Waals surface area contributed by atoms with Gasteiger partial charge in [0.15, 0.2) is 5.75 Å². The summed E-state index contributed by atoms with van der Waals surface area (Å²) in [4.78, 5) is 11.3. The van der Waals surface area contributed by atoms with Crippen LogP contribution >= 0.6 is 0 Å². The second kappa shape index (κ2) is 4.83. The van der Waals surface area contributed by atoms with Crippen LogP contribution in [0.15, 0.2) is 12.1 Å². The van der Waals surface area contributed by atoms with Crippen molar-refractivity contribution in [2.45, 2.75) is 6.36 Å². The number of hydrogen-bond acceptors (Lipinski definition) is 5. The summed E-state index contributed by atoms with van der Waals surface area (Å²) in [5.41, 5.74) is -1.32. The van der Waals surface area contributed by atoms with Crippen molar-refractivity contribution in [3.05, 3.63) is 23.3 Å². The molecule has 1 aromatic rings. The summed E-state index contributed by atoms with van der Waals surface area (Å²) in [5, 5.41) is 17.9. The van der Waals surface area contributed by atoms with Crippen LogP contribution in [0.25, 0.3) is 0 Å². The first-order valence-corrected chi connectivity index (χ1v) is 4.39. The number of phenols is 1. The van der Waals surface area contributed by atoms with Crippen LogP contribution in [-0.2, 0) is 4.74 Å². The SMILES string of the molecule is COC(=O)c1cc(O)cc(C#N)c1OC(F)(F)F. The lowest BCUT2D eigenvalue weighted by atomic mass is 10.1. The van der Waals surface area contributed by atoms with Gasteiger partial charge in [0, 0.05) is 6.07 Å². The monoisotopic (exact) mass is 261 g/mol. The summed E-state index contributed by atoms with van der Waals surface area (Å²) < 4.78 is 44.3. The molecule has 1 rings (SSSR count). The quantitative estimate of drug-likeness (QED) is 0.823. The molecule has 0 bridgehead atoms. The topological polar surface area (TPSA) is 79.5 Å². The van der Waals surface area contributed by atoms with Gasteiger partial charge in [-0.2, -0.15) is 5.26 Å². The smallest absolute Gasteiger partial charge is 0.508 e. The first kappa shape index (κ1) is 13.6. The molecule has 18 heavy (non-hydrogen) atoms. The highest BCUT2D eigenvalue weighted by atomic mass is 19.4. The van der Waals surface area contributed by atoms with E-state index in [2.05, 4.69) is 9.47 Å². The molecule has 0 aromatic heterocycles. The number of aromatic hydroxyl groups is 1. The number of halogens is 3. The Kier molecular flexibility index (Phi) is 3.66. The largest absolute Gasteiger partial charge is 0.573 e. The zero-order valence-corrected chi connectivity index (χ0v) is 8.91. The van der Waals surface area contributed by atoms with Crippen LogP contribution in [0.4, 0.5) is 13.2 Å². The zero-order chi connectivity index (χ0) is 13.9. The number of methoxy groups -OCH3 is 1. The van der Waals surface area contributed by atoms with Crippen LogP contribution < -0.4 is 4.74 Å². The molecule has 96 valence electrons. The first-order chi connectivity index (χ1) is 8.28. The van der Waals surface area contributed by atoms with Gasteiger partial charge < -0.3 is 14.6 Å². The Morgan fingerprint density at radius 2 is 2.06 bits per heavy atom. The molecule has 0 radical (unpaired) electrons. The molecule has 0 fully saturated rings. The van der Waals surface area contributed by atoms with Gasteiger partial charge in [-0.25, -0.2) is 4.79 Å². The molecule has 8 heteroatoms. The summed E-state index contributed by atoms with van der Waals surface area (Å²) in [5.74, 6) is -2.72. The van der Waals surface area contributed by atoms with Gasteiger partial charge in [0.05, 0.1) is 12.7 Å². The number of phenolic OH excluding ortho intramolecular Hbond substituents is 1. The number of carbonyl (C=O) groups excluding carboxylic acids is 1. The van der Waals surface area contributed by atoms with Crippen LogP contribution in [-0.4, -0.2) is 24.5 Å². The number of hydrogen-bond donors (Lipinski definition) is 1. The molecule has 1 aromatic carbocycles. The molecule has 0 aliphatic carbocycles. The minimum Gasteiger partial charge on any atom is -0.508 e. The average molecular weight is 261 g/mol. The summed E-state index contributed by atoms with van der Waals surface area (Å²) in [6, 6.07) is 2.85. The van der Waals surface area contributed by atoms with E-state index in [4.69, 9.17) is 5.26 Å². The van der Waals surface area contributed by atoms with E-state index in [0.717, 1.165) is 13.2 Å². The fourth-order valence-electron chi connectivity index (χ4n) is 1.18. The van der Waals surface area contributed by atoms with Crippen molar-refractivity contribution in [3.63, 3.8) is 0 Å². The van der Waals surface area contributed by atoms with Gasteiger partial charge in [0.25, 0.3) is 0 Å². The molecule has 5 nitrogen and oxygen atoms in total. The maximum absolute atomic E-state index is 12.2. The Bertz CT molecular complexity index is 519. The average Bonchev–Trinajstić information content (AvgIpc) is 2.28. The normalized spacial score (nSPS) is 10.6. The van der Waals surface area contributed by atoms with E-state index in [9.17, 15) is 23.1 Å². The van der Waals surface area contributed by atoms with Gasteiger partial charge in [-0.05, 0) is 6.07 Å². The summed E-state index contributed by atoms with van der Waals surface area (Å²) in [6.07, 6.45) is -5.08. The molecule has 0 amide bonds.